The Kier molecular flexibility index (Phi) is 3.82. The van der Waals surface area contributed by atoms with Crippen molar-refractivity contribution < 1.29 is 9.53 Å². The summed E-state index contributed by atoms with van der Waals surface area (Å²) in [4.78, 5) is 16.3. The van der Waals surface area contributed by atoms with Crippen molar-refractivity contribution in [2.24, 2.45) is 0 Å². The number of rotatable bonds is 3. The molecule has 2 saturated heterocycles. The van der Waals surface area contributed by atoms with Crippen LogP contribution in [0, 0.1) is 0 Å². The standard InChI is InChI=1S/C12H22N2O2/c1-10(2)16-9-12(15)14-7-6-13-5-3-4-11(13)8-14/h10-11H,3-9H2,1-2H3. The van der Waals surface area contributed by atoms with Crippen molar-refractivity contribution in [3.63, 3.8) is 0 Å². The second kappa shape index (κ2) is 5.15. The third-order valence-electron chi connectivity index (χ3n) is 3.48. The van der Waals surface area contributed by atoms with Crippen molar-refractivity contribution in [2.45, 2.75) is 38.8 Å². The number of carbonyl (C=O) groups excluding carboxylic acids is 1. The third kappa shape index (κ3) is 2.74. The van der Waals surface area contributed by atoms with E-state index in [9.17, 15) is 4.79 Å². The molecule has 0 saturated carbocycles. The van der Waals surface area contributed by atoms with E-state index >= 15 is 0 Å². The van der Waals surface area contributed by atoms with Crippen LogP contribution in [0.25, 0.3) is 0 Å². The highest BCUT2D eigenvalue weighted by Crippen LogP contribution is 2.21. The van der Waals surface area contributed by atoms with Gasteiger partial charge in [0, 0.05) is 25.7 Å². The molecule has 0 aromatic carbocycles. The summed E-state index contributed by atoms with van der Waals surface area (Å²) in [6.07, 6.45) is 2.67. The summed E-state index contributed by atoms with van der Waals surface area (Å²) in [6, 6.07) is 0.608. The zero-order valence-corrected chi connectivity index (χ0v) is 10.3. The number of piperazine rings is 1. The minimum absolute atomic E-state index is 0.136. The first-order chi connectivity index (χ1) is 7.66. The van der Waals surface area contributed by atoms with E-state index in [-0.39, 0.29) is 18.6 Å². The lowest BCUT2D eigenvalue weighted by atomic mass is 10.1. The van der Waals surface area contributed by atoms with Crippen LogP contribution in [-0.4, -0.2) is 60.6 Å². The van der Waals surface area contributed by atoms with Gasteiger partial charge in [-0.05, 0) is 33.2 Å². The largest absolute Gasteiger partial charge is 0.369 e. The summed E-state index contributed by atoms with van der Waals surface area (Å²) in [6.45, 7) is 8.19. The molecule has 0 spiro atoms. The second-order valence-electron chi connectivity index (χ2n) is 5.03. The van der Waals surface area contributed by atoms with E-state index < -0.39 is 0 Å². The van der Waals surface area contributed by atoms with Crippen molar-refractivity contribution in [3.8, 4) is 0 Å². The van der Waals surface area contributed by atoms with Crippen LogP contribution in [0.3, 0.4) is 0 Å². The Labute approximate surface area is 97.5 Å². The third-order valence-corrected chi connectivity index (χ3v) is 3.48. The van der Waals surface area contributed by atoms with Crippen LogP contribution in [0.5, 0.6) is 0 Å². The Bertz CT molecular complexity index is 255. The SMILES string of the molecule is CC(C)OCC(=O)N1CCN2CCCC2C1. The monoisotopic (exact) mass is 226 g/mol. The molecule has 4 heteroatoms. The number of amides is 1. The molecule has 2 rings (SSSR count). The number of carbonyl (C=O) groups is 1. The first-order valence-electron chi connectivity index (χ1n) is 6.30. The minimum atomic E-state index is 0.136. The van der Waals surface area contributed by atoms with Crippen molar-refractivity contribution in [2.75, 3.05) is 32.8 Å². The molecule has 1 atom stereocenters. The van der Waals surface area contributed by atoms with Gasteiger partial charge < -0.3 is 9.64 Å². The molecule has 2 fully saturated rings. The fourth-order valence-electron chi connectivity index (χ4n) is 2.55. The van der Waals surface area contributed by atoms with Gasteiger partial charge in [-0.2, -0.15) is 0 Å². The normalized spacial score (nSPS) is 26.2. The van der Waals surface area contributed by atoms with Gasteiger partial charge in [0.1, 0.15) is 6.61 Å². The highest BCUT2D eigenvalue weighted by atomic mass is 16.5. The van der Waals surface area contributed by atoms with Gasteiger partial charge in [0.05, 0.1) is 6.10 Å². The van der Waals surface area contributed by atoms with Gasteiger partial charge in [0.2, 0.25) is 5.91 Å². The van der Waals surface area contributed by atoms with Crippen LogP contribution in [0.4, 0.5) is 0 Å². The number of ether oxygens (including phenoxy) is 1. The molecule has 16 heavy (non-hydrogen) atoms. The molecular weight excluding hydrogens is 204 g/mol. The van der Waals surface area contributed by atoms with Crippen LogP contribution in [0.1, 0.15) is 26.7 Å². The smallest absolute Gasteiger partial charge is 0.248 e. The molecule has 0 aromatic rings. The van der Waals surface area contributed by atoms with Gasteiger partial charge in [-0.25, -0.2) is 0 Å². The van der Waals surface area contributed by atoms with Crippen LogP contribution in [0.15, 0.2) is 0 Å². The molecule has 1 amide bonds. The first-order valence-corrected chi connectivity index (χ1v) is 6.30. The summed E-state index contributed by atoms with van der Waals surface area (Å²) >= 11 is 0. The lowest BCUT2D eigenvalue weighted by Crippen LogP contribution is -2.52. The van der Waals surface area contributed by atoms with Crippen molar-refractivity contribution in [3.05, 3.63) is 0 Å². The van der Waals surface area contributed by atoms with E-state index in [4.69, 9.17) is 4.74 Å². The van der Waals surface area contributed by atoms with Gasteiger partial charge in [-0.3, -0.25) is 9.69 Å². The van der Waals surface area contributed by atoms with Crippen LogP contribution >= 0.6 is 0 Å². The van der Waals surface area contributed by atoms with Crippen molar-refractivity contribution >= 4 is 5.91 Å². The molecule has 0 bridgehead atoms. The Balaban J connectivity index is 1.79. The van der Waals surface area contributed by atoms with Crippen LogP contribution in [-0.2, 0) is 9.53 Å². The summed E-state index contributed by atoms with van der Waals surface area (Å²) in [5.74, 6) is 0.153. The average Bonchev–Trinajstić information content (AvgIpc) is 2.72. The Hall–Kier alpha value is -0.610. The van der Waals surface area contributed by atoms with Crippen molar-refractivity contribution in [1.82, 2.24) is 9.80 Å². The highest BCUT2D eigenvalue weighted by molar-refractivity contribution is 5.77. The molecule has 2 aliphatic rings. The Morgan fingerprint density at radius 2 is 2.19 bits per heavy atom. The zero-order valence-electron chi connectivity index (χ0n) is 10.3. The molecular formula is C12H22N2O2. The maximum absolute atomic E-state index is 11.9. The van der Waals surface area contributed by atoms with E-state index in [1.807, 2.05) is 18.7 Å². The first kappa shape index (κ1) is 11.9. The molecule has 1 unspecified atom stereocenters. The lowest BCUT2D eigenvalue weighted by Gasteiger charge is -2.37. The average molecular weight is 226 g/mol. The molecule has 0 aliphatic carbocycles. The fraction of sp³-hybridized carbons (Fsp3) is 0.917. The summed E-state index contributed by atoms with van der Waals surface area (Å²) in [5, 5.41) is 0. The quantitative estimate of drug-likeness (QED) is 0.711. The summed E-state index contributed by atoms with van der Waals surface area (Å²) in [5.41, 5.74) is 0. The van der Waals surface area contributed by atoms with E-state index in [0.717, 1.165) is 19.6 Å². The Morgan fingerprint density at radius 3 is 2.94 bits per heavy atom. The maximum atomic E-state index is 11.9. The molecule has 2 aliphatic heterocycles. The van der Waals surface area contributed by atoms with Crippen LogP contribution < -0.4 is 0 Å². The number of hydrogen-bond acceptors (Lipinski definition) is 3. The van der Waals surface area contributed by atoms with E-state index in [2.05, 4.69) is 4.90 Å². The fourth-order valence-corrected chi connectivity index (χ4v) is 2.55. The molecule has 0 radical (unpaired) electrons. The minimum Gasteiger partial charge on any atom is -0.369 e. The number of nitrogens with zero attached hydrogens (tertiary/aromatic N) is 2. The highest BCUT2D eigenvalue weighted by Gasteiger charge is 2.32. The van der Waals surface area contributed by atoms with E-state index in [1.54, 1.807) is 0 Å². The number of fused-ring (bicyclic) bond motifs is 1. The molecule has 0 N–H and O–H groups in total. The molecule has 4 nitrogen and oxygen atoms in total. The van der Waals surface area contributed by atoms with E-state index in [0.29, 0.717) is 6.04 Å². The maximum Gasteiger partial charge on any atom is 0.248 e. The lowest BCUT2D eigenvalue weighted by molar-refractivity contribution is -0.140. The molecule has 92 valence electrons. The zero-order chi connectivity index (χ0) is 11.5. The van der Waals surface area contributed by atoms with Gasteiger partial charge in [-0.1, -0.05) is 0 Å². The predicted molar refractivity (Wildman–Crippen MR) is 62.3 cm³/mol. The van der Waals surface area contributed by atoms with Gasteiger partial charge in [-0.15, -0.1) is 0 Å². The molecule has 2 heterocycles. The van der Waals surface area contributed by atoms with Gasteiger partial charge in [0.25, 0.3) is 0 Å². The summed E-state index contributed by atoms with van der Waals surface area (Å²) in [7, 11) is 0. The summed E-state index contributed by atoms with van der Waals surface area (Å²) < 4.78 is 5.36. The predicted octanol–water partition coefficient (Wildman–Crippen LogP) is 0.718. The Morgan fingerprint density at radius 1 is 1.38 bits per heavy atom. The topological polar surface area (TPSA) is 32.8 Å². The van der Waals surface area contributed by atoms with Crippen LogP contribution in [0.2, 0.25) is 0 Å². The van der Waals surface area contributed by atoms with Gasteiger partial charge in [0.15, 0.2) is 0 Å². The van der Waals surface area contributed by atoms with E-state index in [1.165, 1.54) is 19.4 Å². The van der Waals surface area contributed by atoms with Gasteiger partial charge >= 0.3 is 0 Å². The molecule has 0 aromatic heterocycles. The van der Waals surface area contributed by atoms with Crippen molar-refractivity contribution in [1.29, 1.82) is 0 Å². The second-order valence-corrected chi connectivity index (χ2v) is 5.03. The number of hydrogen-bond donors (Lipinski definition) is 0.